The normalized spacial score (nSPS) is 15.3. The van der Waals surface area contributed by atoms with Crippen molar-refractivity contribution in [1.29, 1.82) is 0 Å². The summed E-state index contributed by atoms with van der Waals surface area (Å²) in [6, 6.07) is 13.8. The van der Waals surface area contributed by atoms with Gasteiger partial charge in [0.2, 0.25) is 0 Å². The highest BCUT2D eigenvalue weighted by atomic mass is 16.6. The van der Waals surface area contributed by atoms with Crippen LogP contribution in [0.3, 0.4) is 0 Å². The van der Waals surface area contributed by atoms with E-state index in [1.165, 1.54) is 23.8 Å². The fourth-order valence-electron chi connectivity index (χ4n) is 3.07. The molecule has 0 atom stereocenters. The van der Waals surface area contributed by atoms with E-state index in [9.17, 15) is 14.9 Å². The average molecular weight is 322 g/mol. The molecule has 0 bridgehead atoms. The lowest BCUT2D eigenvalue weighted by Gasteiger charge is -2.28. The van der Waals surface area contributed by atoms with E-state index in [2.05, 4.69) is 6.07 Å². The predicted octanol–water partition coefficient (Wildman–Crippen LogP) is 3.99. The predicted molar refractivity (Wildman–Crippen MR) is 92.8 cm³/mol. The molecule has 0 aromatic heterocycles. The number of benzene rings is 2. The van der Waals surface area contributed by atoms with Crippen molar-refractivity contribution in [2.24, 2.45) is 4.99 Å². The lowest BCUT2D eigenvalue weighted by Crippen LogP contribution is -2.29. The Kier molecular flexibility index (Phi) is 4.01. The summed E-state index contributed by atoms with van der Waals surface area (Å²) in [6.07, 6.45) is 0.972. The Hall–Kier alpha value is -2.82. The van der Waals surface area contributed by atoms with E-state index in [0.29, 0.717) is 5.56 Å². The molecule has 3 rings (SSSR count). The number of non-ortho nitro benzene ring substituents is 1. The van der Waals surface area contributed by atoms with Crippen LogP contribution in [0, 0.1) is 10.1 Å². The number of carbonyl (C=O) groups is 1. The van der Waals surface area contributed by atoms with Gasteiger partial charge in [-0.2, -0.15) is 0 Å². The molecule has 0 unspecified atom stereocenters. The number of Topliss-reactive ketones (excluding diaryl/α,β-unsaturated/α-hetero) is 1. The molecule has 1 aliphatic heterocycles. The Bertz CT molecular complexity index is 853. The number of ketones is 1. The number of nitro benzene ring substituents is 1. The van der Waals surface area contributed by atoms with Crippen molar-refractivity contribution < 1.29 is 9.72 Å². The first-order chi connectivity index (χ1) is 11.4. The van der Waals surface area contributed by atoms with E-state index in [-0.39, 0.29) is 23.4 Å². The lowest BCUT2D eigenvalue weighted by molar-refractivity contribution is -0.384. The molecule has 0 saturated carbocycles. The van der Waals surface area contributed by atoms with Gasteiger partial charge in [-0.25, -0.2) is 0 Å². The van der Waals surface area contributed by atoms with Crippen LogP contribution in [0.2, 0.25) is 0 Å². The quantitative estimate of drug-likeness (QED) is 0.485. The summed E-state index contributed by atoms with van der Waals surface area (Å²) < 4.78 is 0. The lowest BCUT2D eigenvalue weighted by atomic mass is 9.85. The van der Waals surface area contributed by atoms with E-state index < -0.39 is 4.92 Å². The third-order valence-corrected chi connectivity index (χ3v) is 4.10. The number of rotatable bonds is 4. The number of hydrogen-bond acceptors (Lipinski definition) is 4. The van der Waals surface area contributed by atoms with E-state index in [0.717, 1.165) is 17.7 Å². The third kappa shape index (κ3) is 3.25. The third-order valence-electron chi connectivity index (χ3n) is 4.10. The van der Waals surface area contributed by atoms with E-state index in [1.807, 2.05) is 32.0 Å². The Balaban J connectivity index is 1.92. The van der Waals surface area contributed by atoms with Gasteiger partial charge in [0.1, 0.15) is 0 Å². The first-order valence-corrected chi connectivity index (χ1v) is 7.80. The zero-order valence-electron chi connectivity index (χ0n) is 13.7. The molecule has 1 heterocycles. The minimum Gasteiger partial charge on any atom is -0.294 e. The smallest absolute Gasteiger partial charge is 0.270 e. The molecular weight excluding hydrogens is 304 g/mol. The molecule has 0 aliphatic carbocycles. The van der Waals surface area contributed by atoms with Crippen LogP contribution in [0.4, 0.5) is 5.69 Å². The molecule has 24 heavy (non-hydrogen) atoms. The number of aliphatic imine (C=N–C) groups is 1. The first kappa shape index (κ1) is 16.1. The maximum Gasteiger partial charge on any atom is 0.270 e. The standard InChI is InChI=1S/C19H18N2O3/c1-19(2)12-14-6-3-4-9-16(14)17(20-19)11-18(22)13-7-5-8-15(10-13)21(23)24/h3-10H,11-12H2,1-2H3. The topological polar surface area (TPSA) is 72.6 Å². The highest BCUT2D eigenvalue weighted by Crippen LogP contribution is 2.28. The zero-order chi connectivity index (χ0) is 17.3. The molecule has 0 spiro atoms. The summed E-state index contributed by atoms with van der Waals surface area (Å²) in [5.74, 6) is -0.162. The van der Waals surface area contributed by atoms with Crippen molar-refractivity contribution in [3.05, 3.63) is 75.3 Å². The Morgan fingerprint density at radius 2 is 1.96 bits per heavy atom. The van der Waals surface area contributed by atoms with Crippen molar-refractivity contribution in [2.45, 2.75) is 32.2 Å². The second-order valence-corrected chi connectivity index (χ2v) is 6.61. The maximum atomic E-state index is 12.6. The minimum atomic E-state index is -0.493. The van der Waals surface area contributed by atoms with Crippen molar-refractivity contribution in [1.82, 2.24) is 0 Å². The molecule has 2 aromatic carbocycles. The average Bonchev–Trinajstić information content (AvgIpc) is 2.54. The molecule has 5 nitrogen and oxygen atoms in total. The SMILES string of the molecule is CC1(C)Cc2ccccc2C(CC(=O)c2cccc([N+](=O)[O-])c2)=N1. The van der Waals surface area contributed by atoms with Gasteiger partial charge in [0.25, 0.3) is 5.69 Å². The van der Waals surface area contributed by atoms with E-state index in [1.54, 1.807) is 6.07 Å². The molecule has 0 radical (unpaired) electrons. The summed E-state index contributed by atoms with van der Waals surface area (Å²) in [5.41, 5.74) is 2.93. The van der Waals surface area contributed by atoms with Gasteiger partial charge in [-0.3, -0.25) is 19.9 Å². The van der Waals surface area contributed by atoms with E-state index in [4.69, 9.17) is 4.99 Å². The van der Waals surface area contributed by atoms with Crippen LogP contribution in [0.5, 0.6) is 0 Å². The second-order valence-electron chi connectivity index (χ2n) is 6.61. The summed E-state index contributed by atoms with van der Waals surface area (Å²) in [7, 11) is 0. The molecule has 0 amide bonds. The molecule has 5 heteroatoms. The number of hydrogen-bond donors (Lipinski definition) is 0. The van der Waals surface area contributed by atoms with E-state index >= 15 is 0 Å². The van der Waals surface area contributed by atoms with Gasteiger partial charge in [-0.15, -0.1) is 0 Å². The van der Waals surface area contributed by atoms with Crippen LogP contribution >= 0.6 is 0 Å². The van der Waals surface area contributed by atoms with Crippen LogP contribution in [-0.4, -0.2) is 22.0 Å². The fourth-order valence-corrected chi connectivity index (χ4v) is 3.07. The number of carbonyl (C=O) groups excluding carboxylic acids is 1. The summed E-state index contributed by atoms with van der Waals surface area (Å²) in [4.78, 5) is 27.7. The first-order valence-electron chi connectivity index (χ1n) is 7.80. The number of fused-ring (bicyclic) bond motifs is 1. The maximum absolute atomic E-state index is 12.6. The summed E-state index contributed by atoms with van der Waals surface area (Å²) in [5, 5.41) is 10.9. The van der Waals surface area contributed by atoms with Gasteiger partial charge in [-0.1, -0.05) is 36.4 Å². The Morgan fingerprint density at radius 1 is 1.21 bits per heavy atom. The molecule has 1 aliphatic rings. The Labute approximate surface area is 140 Å². The largest absolute Gasteiger partial charge is 0.294 e. The Morgan fingerprint density at radius 3 is 2.71 bits per heavy atom. The van der Waals surface area contributed by atoms with Crippen LogP contribution < -0.4 is 0 Å². The summed E-state index contributed by atoms with van der Waals surface area (Å²) >= 11 is 0. The van der Waals surface area contributed by atoms with Crippen molar-refractivity contribution in [3.63, 3.8) is 0 Å². The summed E-state index contributed by atoms with van der Waals surface area (Å²) in [6.45, 7) is 4.08. The van der Waals surface area contributed by atoms with Crippen molar-refractivity contribution in [2.75, 3.05) is 0 Å². The zero-order valence-corrected chi connectivity index (χ0v) is 13.7. The number of nitrogens with zero attached hydrogens (tertiary/aromatic N) is 2. The van der Waals surface area contributed by atoms with Crippen molar-refractivity contribution >= 4 is 17.2 Å². The monoisotopic (exact) mass is 322 g/mol. The highest BCUT2D eigenvalue weighted by Gasteiger charge is 2.27. The number of nitro groups is 1. The van der Waals surface area contributed by atoms with Gasteiger partial charge < -0.3 is 0 Å². The van der Waals surface area contributed by atoms with Gasteiger partial charge in [0.15, 0.2) is 5.78 Å². The van der Waals surface area contributed by atoms with Crippen LogP contribution in [0.25, 0.3) is 0 Å². The molecule has 2 aromatic rings. The van der Waals surface area contributed by atoms with Crippen LogP contribution in [0.1, 0.15) is 41.8 Å². The molecule has 0 fully saturated rings. The van der Waals surface area contributed by atoms with Crippen LogP contribution in [0.15, 0.2) is 53.5 Å². The van der Waals surface area contributed by atoms with Gasteiger partial charge in [0.05, 0.1) is 22.6 Å². The van der Waals surface area contributed by atoms with Gasteiger partial charge >= 0.3 is 0 Å². The molecular formula is C19H18N2O3. The minimum absolute atomic E-state index is 0.0767. The molecule has 0 N–H and O–H groups in total. The molecule has 122 valence electrons. The second kappa shape index (κ2) is 6.00. The van der Waals surface area contributed by atoms with Crippen LogP contribution in [-0.2, 0) is 6.42 Å². The molecule has 0 saturated heterocycles. The highest BCUT2D eigenvalue weighted by molar-refractivity contribution is 6.16. The van der Waals surface area contributed by atoms with Gasteiger partial charge in [-0.05, 0) is 31.4 Å². The van der Waals surface area contributed by atoms with Gasteiger partial charge in [0, 0.05) is 17.7 Å². The van der Waals surface area contributed by atoms with Crippen molar-refractivity contribution in [3.8, 4) is 0 Å². The fraction of sp³-hybridized carbons (Fsp3) is 0.263.